The van der Waals surface area contributed by atoms with Crippen LogP contribution < -0.4 is 16.6 Å². The number of benzene rings is 2. The third kappa shape index (κ3) is 11.9. The third-order valence-electron chi connectivity index (χ3n) is 6.43. The Labute approximate surface area is 289 Å². The standard InChI is InChI=1S/C15H15ClN2O3.C15H16N2O4.Cl3OP/c1-9(2)18-14(20)11(13(16)17-15(18)21)8-12(19)10-6-4-3-5-7-10;1-9(2)17-14(20)11(13(19)16-15(17)21)8-12(18)10-6-4-3-5-7-10;1-5(2,3)4/h3-7,9H,8H2,1-2H3,(H,17,21);3-7,9,11H,8H2,1-2H3,(H,16,19,21);. The SMILES string of the molecule is CC(C)N1C(=O)NC(=O)C(CC(=O)c2ccccc2)C1=O.CC(C)n1c(=O)[nH]c(Cl)c(CC(=O)c2ccccc2)c1=O.O=P(Cl)(Cl)Cl. The first-order valence-corrected chi connectivity index (χ1v) is 18.7. The monoisotopic (exact) mass is 746 g/mol. The van der Waals surface area contributed by atoms with Gasteiger partial charge in [-0.2, -0.15) is 0 Å². The molecule has 0 aliphatic carbocycles. The number of hydrogen-bond donors (Lipinski definition) is 2. The van der Waals surface area contributed by atoms with Crippen molar-refractivity contribution in [2.45, 2.75) is 52.6 Å². The van der Waals surface area contributed by atoms with Crippen molar-refractivity contribution in [3.63, 3.8) is 0 Å². The molecule has 1 atom stereocenters. The molecule has 12 nitrogen and oxygen atoms in total. The van der Waals surface area contributed by atoms with Crippen molar-refractivity contribution in [1.82, 2.24) is 19.8 Å². The van der Waals surface area contributed by atoms with Crippen molar-refractivity contribution >= 4 is 79.9 Å². The summed E-state index contributed by atoms with van der Waals surface area (Å²) in [6.45, 7) is 6.77. The summed E-state index contributed by atoms with van der Waals surface area (Å²) in [4.78, 5) is 87.5. The van der Waals surface area contributed by atoms with Gasteiger partial charge in [0.2, 0.25) is 11.8 Å². The van der Waals surface area contributed by atoms with E-state index in [0.717, 1.165) is 9.47 Å². The van der Waals surface area contributed by atoms with Crippen molar-refractivity contribution in [2.24, 2.45) is 5.92 Å². The highest BCUT2D eigenvalue weighted by Gasteiger charge is 2.42. The fourth-order valence-electron chi connectivity index (χ4n) is 4.30. The zero-order chi connectivity index (χ0) is 35.6. The van der Waals surface area contributed by atoms with Gasteiger partial charge in [0.1, 0.15) is 11.1 Å². The molecule has 1 saturated heterocycles. The Bertz CT molecular complexity index is 1780. The van der Waals surface area contributed by atoms with Crippen LogP contribution in [0.1, 0.15) is 66.4 Å². The molecule has 2 N–H and O–H groups in total. The van der Waals surface area contributed by atoms with Gasteiger partial charge in [-0.05, 0) is 61.4 Å². The van der Waals surface area contributed by atoms with Crippen LogP contribution in [0.2, 0.25) is 5.15 Å². The van der Waals surface area contributed by atoms with Gasteiger partial charge in [-0.1, -0.05) is 72.3 Å². The average Bonchev–Trinajstić information content (AvgIpc) is 2.97. The number of carbonyl (C=O) groups is 5. The summed E-state index contributed by atoms with van der Waals surface area (Å²) in [5.74, 6) is -3.02. The van der Waals surface area contributed by atoms with E-state index in [4.69, 9.17) is 11.6 Å². The van der Waals surface area contributed by atoms with E-state index in [2.05, 4.69) is 44.0 Å². The topological polar surface area (TPSA) is 173 Å². The number of imide groups is 2. The number of nitrogens with zero attached hydrogens (tertiary/aromatic N) is 2. The minimum Gasteiger partial charge on any atom is -0.297 e. The molecule has 17 heteroatoms. The first-order valence-electron chi connectivity index (χ1n) is 13.9. The number of rotatable bonds is 8. The van der Waals surface area contributed by atoms with Gasteiger partial charge < -0.3 is 0 Å². The molecule has 2 aromatic carbocycles. The quantitative estimate of drug-likeness (QED) is 0.116. The summed E-state index contributed by atoms with van der Waals surface area (Å²) in [6, 6.07) is 15.6. The summed E-state index contributed by atoms with van der Waals surface area (Å²) in [7, 11) is 0. The van der Waals surface area contributed by atoms with E-state index < -0.39 is 40.2 Å². The summed E-state index contributed by atoms with van der Waals surface area (Å²) >= 11 is 19.8. The van der Waals surface area contributed by atoms with Gasteiger partial charge in [-0.3, -0.25) is 48.3 Å². The van der Waals surface area contributed by atoms with Crippen molar-refractivity contribution in [1.29, 1.82) is 0 Å². The van der Waals surface area contributed by atoms with Crippen LogP contribution in [0.5, 0.6) is 0 Å². The predicted molar refractivity (Wildman–Crippen MR) is 181 cm³/mol. The van der Waals surface area contributed by atoms with E-state index >= 15 is 0 Å². The van der Waals surface area contributed by atoms with Gasteiger partial charge in [-0.15, -0.1) is 0 Å². The smallest absolute Gasteiger partial charge is 0.297 e. The molecule has 0 saturated carbocycles. The molecule has 4 rings (SSSR count). The molecule has 1 aliphatic rings. The summed E-state index contributed by atoms with van der Waals surface area (Å²) in [5.41, 5.74) is -0.0564. The molecule has 47 heavy (non-hydrogen) atoms. The normalized spacial score (nSPS) is 14.6. The van der Waals surface area contributed by atoms with Crippen molar-refractivity contribution in [3.05, 3.63) is 103 Å². The van der Waals surface area contributed by atoms with Gasteiger partial charge in [0, 0.05) is 36.1 Å². The zero-order valence-electron chi connectivity index (χ0n) is 25.5. The molecule has 2 heterocycles. The average molecular weight is 748 g/mol. The highest BCUT2D eigenvalue weighted by Crippen LogP contribution is 2.61. The first kappa shape index (κ1) is 39.6. The van der Waals surface area contributed by atoms with Crippen LogP contribution in [-0.2, 0) is 20.6 Å². The molecular weight excluding hydrogens is 717 g/mol. The van der Waals surface area contributed by atoms with Crippen LogP contribution in [0.3, 0.4) is 0 Å². The summed E-state index contributed by atoms with van der Waals surface area (Å²) in [6.07, 6.45) is -0.393. The number of carbonyl (C=O) groups excluding carboxylic acids is 5. The van der Waals surface area contributed by atoms with E-state index in [1.807, 2.05) is 0 Å². The Kier molecular flexibility index (Phi) is 14.8. The maximum absolute atomic E-state index is 12.3. The first-order chi connectivity index (χ1) is 21.8. The summed E-state index contributed by atoms with van der Waals surface area (Å²) < 4.78 is 10.6. The fourth-order valence-corrected chi connectivity index (χ4v) is 4.53. The lowest BCUT2D eigenvalue weighted by atomic mass is 9.94. The maximum Gasteiger partial charge on any atom is 0.339 e. The number of halogens is 4. The molecule has 252 valence electrons. The molecule has 0 radical (unpaired) electrons. The number of hydrogen-bond acceptors (Lipinski definition) is 8. The highest BCUT2D eigenvalue weighted by atomic mass is 36.0. The van der Waals surface area contributed by atoms with Crippen molar-refractivity contribution < 1.29 is 28.5 Å². The number of nitrogens with one attached hydrogen (secondary N) is 2. The number of aromatic nitrogens is 2. The number of urea groups is 1. The van der Waals surface area contributed by atoms with E-state index in [0.29, 0.717) is 11.1 Å². The Morgan fingerprint density at radius 2 is 1.28 bits per heavy atom. The Balaban J connectivity index is 0.000000286. The molecule has 1 aliphatic heterocycles. The van der Waals surface area contributed by atoms with E-state index in [1.54, 1.807) is 88.4 Å². The molecule has 0 bridgehead atoms. The lowest BCUT2D eigenvalue weighted by Gasteiger charge is -2.32. The fraction of sp³-hybridized carbons (Fsp3) is 0.300. The maximum atomic E-state index is 12.3. The van der Waals surface area contributed by atoms with E-state index in [1.165, 1.54) is 0 Å². The van der Waals surface area contributed by atoms with Gasteiger partial charge in [0.15, 0.2) is 11.6 Å². The third-order valence-corrected chi connectivity index (χ3v) is 6.75. The van der Waals surface area contributed by atoms with Crippen LogP contribution >= 0.6 is 50.5 Å². The van der Waals surface area contributed by atoms with Crippen molar-refractivity contribution in [2.75, 3.05) is 0 Å². The van der Waals surface area contributed by atoms with Crippen LogP contribution in [-0.4, -0.2) is 49.9 Å². The molecule has 1 fully saturated rings. The zero-order valence-corrected chi connectivity index (χ0v) is 29.5. The van der Waals surface area contributed by atoms with E-state index in [-0.39, 0.29) is 47.2 Å². The van der Waals surface area contributed by atoms with Gasteiger partial charge in [0.25, 0.3) is 5.56 Å². The second-order valence-electron chi connectivity index (χ2n) is 10.5. The second-order valence-corrected chi connectivity index (χ2v) is 17.5. The van der Waals surface area contributed by atoms with Gasteiger partial charge in [0.05, 0.1) is 5.56 Å². The van der Waals surface area contributed by atoms with Crippen LogP contribution in [0, 0.1) is 5.92 Å². The second kappa shape index (κ2) is 17.6. The summed E-state index contributed by atoms with van der Waals surface area (Å²) in [5, 5.41) is -1.18. The van der Waals surface area contributed by atoms with Crippen LogP contribution in [0.15, 0.2) is 70.3 Å². The molecule has 1 unspecified atom stereocenters. The molecule has 1 aromatic heterocycles. The Hall–Kier alpha value is -3.54. The number of amides is 4. The number of Topliss-reactive ketones (excluding diaryl/α,β-unsaturated/α-hetero) is 2. The molecule has 3 aromatic rings. The molecule has 0 spiro atoms. The lowest BCUT2D eigenvalue weighted by molar-refractivity contribution is -0.143. The highest BCUT2D eigenvalue weighted by molar-refractivity contribution is 8.24. The number of H-pyrrole nitrogens is 1. The molecular formula is C30H31Cl4N4O8P. The van der Waals surface area contributed by atoms with E-state index in [9.17, 15) is 38.1 Å². The Morgan fingerprint density at radius 1 is 0.809 bits per heavy atom. The molecule has 4 amide bonds. The minimum absolute atomic E-state index is 0.0776. The van der Waals surface area contributed by atoms with Crippen molar-refractivity contribution in [3.8, 4) is 0 Å². The number of ketones is 2. The Morgan fingerprint density at radius 3 is 1.72 bits per heavy atom. The van der Waals surface area contributed by atoms with Gasteiger partial charge in [-0.25, -0.2) is 9.59 Å². The number of aromatic amines is 1. The van der Waals surface area contributed by atoms with Crippen LogP contribution in [0.4, 0.5) is 4.79 Å². The lowest BCUT2D eigenvalue weighted by Crippen LogP contribution is -2.60. The number of barbiturate groups is 1. The van der Waals surface area contributed by atoms with Gasteiger partial charge >= 0.3 is 16.9 Å². The largest absolute Gasteiger partial charge is 0.339 e. The minimum atomic E-state index is -3.22. The van der Waals surface area contributed by atoms with Crippen LogP contribution in [0.25, 0.3) is 0 Å². The predicted octanol–water partition coefficient (Wildman–Crippen LogP) is 6.37.